The van der Waals surface area contributed by atoms with Crippen molar-refractivity contribution >= 4 is 5.91 Å². The van der Waals surface area contributed by atoms with E-state index in [-0.39, 0.29) is 5.91 Å². The van der Waals surface area contributed by atoms with Crippen molar-refractivity contribution in [3.05, 3.63) is 18.2 Å². The summed E-state index contributed by atoms with van der Waals surface area (Å²) in [6.45, 7) is 1.28. The highest BCUT2D eigenvalue weighted by atomic mass is 16.1. The molecule has 1 rings (SSSR count). The number of nitrogens with one attached hydrogen (secondary N) is 1. The molecule has 0 spiro atoms. The summed E-state index contributed by atoms with van der Waals surface area (Å²) in [6, 6.07) is 0. The van der Waals surface area contributed by atoms with Crippen LogP contribution in [0.3, 0.4) is 0 Å². The standard InChI is InChI=1S/C10H18N4O/c1-11-10(15)8-14-7-5-12-9(14)4-6-13(2)3/h5,7H,4,6,8H2,1-3H3,(H,11,15). The first kappa shape index (κ1) is 11.7. The molecule has 0 aromatic carbocycles. The molecule has 1 aromatic heterocycles. The summed E-state index contributed by atoms with van der Waals surface area (Å²) in [4.78, 5) is 17.5. The topological polar surface area (TPSA) is 50.2 Å². The third kappa shape index (κ3) is 3.71. The molecule has 1 N–H and O–H groups in total. The third-order valence-electron chi connectivity index (χ3n) is 2.18. The van der Waals surface area contributed by atoms with Gasteiger partial charge in [-0.05, 0) is 14.1 Å². The molecule has 5 nitrogen and oxygen atoms in total. The second-order valence-electron chi connectivity index (χ2n) is 3.70. The van der Waals surface area contributed by atoms with Crippen LogP contribution >= 0.6 is 0 Å². The van der Waals surface area contributed by atoms with Gasteiger partial charge < -0.3 is 14.8 Å². The summed E-state index contributed by atoms with van der Waals surface area (Å²) in [7, 11) is 5.68. The number of hydrogen-bond acceptors (Lipinski definition) is 3. The molecule has 0 unspecified atom stereocenters. The maximum atomic E-state index is 11.2. The normalized spacial score (nSPS) is 10.7. The fourth-order valence-corrected chi connectivity index (χ4v) is 1.27. The van der Waals surface area contributed by atoms with Gasteiger partial charge in [-0.3, -0.25) is 4.79 Å². The lowest BCUT2D eigenvalue weighted by Gasteiger charge is -2.10. The monoisotopic (exact) mass is 210 g/mol. The Labute approximate surface area is 90.1 Å². The molecule has 0 aliphatic carbocycles. The quantitative estimate of drug-likeness (QED) is 0.728. The van der Waals surface area contributed by atoms with E-state index in [2.05, 4.69) is 15.2 Å². The maximum absolute atomic E-state index is 11.2. The highest BCUT2D eigenvalue weighted by Gasteiger charge is 2.06. The molecule has 0 atom stereocenters. The van der Waals surface area contributed by atoms with Gasteiger partial charge >= 0.3 is 0 Å². The molecule has 1 aromatic rings. The molecule has 0 aliphatic rings. The minimum atomic E-state index is -0.000830. The molecule has 1 amide bonds. The molecule has 84 valence electrons. The Morgan fingerprint density at radius 1 is 1.60 bits per heavy atom. The van der Waals surface area contributed by atoms with Gasteiger partial charge in [0.05, 0.1) is 0 Å². The Bertz CT molecular complexity index is 319. The van der Waals surface area contributed by atoms with E-state index < -0.39 is 0 Å². The molecule has 5 heteroatoms. The van der Waals surface area contributed by atoms with Crippen LogP contribution in [0.15, 0.2) is 12.4 Å². The molecule has 1 heterocycles. The average molecular weight is 210 g/mol. The Morgan fingerprint density at radius 3 is 2.93 bits per heavy atom. The van der Waals surface area contributed by atoms with E-state index in [1.807, 2.05) is 24.9 Å². The number of carbonyl (C=O) groups is 1. The number of carbonyl (C=O) groups excluding carboxylic acids is 1. The van der Waals surface area contributed by atoms with Gasteiger partial charge in [0.15, 0.2) is 0 Å². The molecule has 0 aliphatic heterocycles. The van der Waals surface area contributed by atoms with Crippen LogP contribution < -0.4 is 5.32 Å². The first-order valence-electron chi connectivity index (χ1n) is 4.99. The van der Waals surface area contributed by atoms with Crippen molar-refractivity contribution in [3.8, 4) is 0 Å². The number of aromatic nitrogens is 2. The summed E-state index contributed by atoms with van der Waals surface area (Å²) in [5.41, 5.74) is 0. The van der Waals surface area contributed by atoms with Gasteiger partial charge in [0.2, 0.25) is 5.91 Å². The lowest BCUT2D eigenvalue weighted by molar-refractivity contribution is -0.121. The van der Waals surface area contributed by atoms with Crippen LogP contribution in [0.1, 0.15) is 5.82 Å². The zero-order valence-electron chi connectivity index (χ0n) is 9.53. The van der Waals surface area contributed by atoms with E-state index in [1.54, 1.807) is 13.2 Å². The van der Waals surface area contributed by atoms with Crippen molar-refractivity contribution < 1.29 is 4.79 Å². The van der Waals surface area contributed by atoms with Crippen molar-refractivity contribution in [3.63, 3.8) is 0 Å². The van der Waals surface area contributed by atoms with E-state index in [4.69, 9.17) is 0 Å². The number of nitrogens with zero attached hydrogens (tertiary/aromatic N) is 3. The Hall–Kier alpha value is -1.36. The van der Waals surface area contributed by atoms with Gasteiger partial charge in [0.25, 0.3) is 0 Å². The van der Waals surface area contributed by atoms with E-state index in [9.17, 15) is 4.79 Å². The molecular weight excluding hydrogens is 192 g/mol. The highest BCUT2D eigenvalue weighted by molar-refractivity contribution is 5.75. The van der Waals surface area contributed by atoms with E-state index in [0.717, 1.165) is 18.8 Å². The fraction of sp³-hybridized carbons (Fsp3) is 0.600. The minimum Gasteiger partial charge on any atom is -0.358 e. The van der Waals surface area contributed by atoms with Gasteiger partial charge in [-0.25, -0.2) is 4.98 Å². The third-order valence-corrected chi connectivity index (χ3v) is 2.18. The van der Waals surface area contributed by atoms with Crippen LogP contribution in [-0.4, -0.2) is 48.0 Å². The summed E-state index contributed by atoms with van der Waals surface area (Å²) < 4.78 is 1.88. The van der Waals surface area contributed by atoms with Gasteiger partial charge in [0, 0.05) is 32.4 Å². The van der Waals surface area contributed by atoms with Gasteiger partial charge in [-0.15, -0.1) is 0 Å². The lowest BCUT2D eigenvalue weighted by Crippen LogP contribution is -2.25. The van der Waals surface area contributed by atoms with Crippen LogP contribution in [0.25, 0.3) is 0 Å². The predicted molar refractivity (Wildman–Crippen MR) is 58.6 cm³/mol. The maximum Gasteiger partial charge on any atom is 0.239 e. The zero-order valence-corrected chi connectivity index (χ0v) is 9.53. The van der Waals surface area contributed by atoms with Crippen LogP contribution in [-0.2, 0) is 17.8 Å². The average Bonchev–Trinajstić information content (AvgIpc) is 2.62. The molecular formula is C10H18N4O. The molecule has 0 saturated carbocycles. The molecule has 0 radical (unpaired) electrons. The summed E-state index contributed by atoms with van der Waals surface area (Å²) >= 11 is 0. The van der Waals surface area contributed by atoms with Crippen LogP contribution in [0, 0.1) is 0 Å². The molecule has 15 heavy (non-hydrogen) atoms. The second-order valence-corrected chi connectivity index (χ2v) is 3.70. The number of likely N-dealkylation sites (N-methyl/N-ethyl adjacent to an activating group) is 2. The van der Waals surface area contributed by atoms with Crippen molar-refractivity contribution in [2.75, 3.05) is 27.7 Å². The smallest absolute Gasteiger partial charge is 0.239 e. The number of rotatable bonds is 5. The predicted octanol–water partition coefficient (Wildman–Crippen LogP) is -0.267. The lowest BCUT2D eigenvalue weighted by atomic mass is 10.4. The zero-order chi connectivity index (χ0) is 11.3. The minimum absolute atomic E-state index is 0.000830. The molecule has 0 saturated heterocycles. The van der Waals surface area contributed by atoms with Crippen molar-refractivity contribution in [1.82, 2.24) is 19.8 Å². The number of imidazole rings is 1. The second kappa shape index (κ2) is 5.50. The Kier molecular flexibility index (Phi) is 4.30. The highest BCUT2D eigenvalue weighted by Crippen LogP contribution is 1.99. The number of amides is 1. The Morgan fingerprint density at radius 2 is 2.33 bits per heavy atom. The van der Waals surface area contributed by atoms with Gasteiger partial charge in [-0.1, -0.05) is 0 Å². The summed E-state index contributed by atoms with van der Waals surface area (Å²) in [6.07, 6.45) is 4.42. The van der Waals surface area contributed by atoms with E-state index in [1.165, 1.54) is 0 Å². The molecule has 0 bridgehead atoms. The Balaban J connectivity index is 2.57. The summed E-state index contributed by atoms with van der Waals surface area (Å²) in [5, 5.41) is 2.60. The summed E-state index contributed by atoms with van der Waals surface area (Å²) in [5.74, 6) is 0.950. The first-order chi connectivity index (χ1) is 7.13. The fourth-order valence-electron chi connectivity index (χ4n) is 1.27. The molecule has 0 fully saturated rings. The van der Waals surface area contributed by atoms with Crippen LogP contribution in [0.5, 0.6) is 0 Å². The van der Waals surface area contributed by atoms with Gasteiger partial charge in [-0.2, -0.15) is 0 Å². The largest absolute Gasteiger partial charge is 0.358 e. The van der Waals surface area contributed by atoms with E-state index >= 15 is 0 Å². The SMILES string of the molecule is CNC(=O)Cn1ccnc1CCN(C)C. The van der Waals surface area contributed by atoms with Gasteiger partial charge in [0.1, 0.15) is 12.4 Å². The van der Waals surface area contributed by atoms with Crippen molar-refractivity contribution in [1.29, 1.82) is 0 Å². The number of hydrogen-bond donors (Lipinski definition) is 1. The van der Waals surface area contributed by atoms with Crippen molar-refractivity contribution in [2.24, 2.45) is 0 Å². The first-order valence-corrected chi connectivity index (χ1v) is 4.99. The van der Waals surface area contributed by atoms with Crippen molar-refractivity contribution in [2.45, 2.75) is 13.0 Å². The van der Waals surface area contributed by atoms with Crippen LogP contribution in [0.2, 0.25) is 0 Å². The van der Waals surface area contributed by atoms with E-state index in [0.29, 0.717) is 6.54 Å². The van der Waals surface area contributed by atoms with Crippen LogP contribution in [0.4, 0.5) is 0 Å².